The van der Waals surface area contributed by atoms with Gasteiger partial charge in [-0.1, -0.05) is 12.1 Å². The molecule has 0 aliphatic heterocycles. The molecule has 1 aliphatic carbocycles. The largest absolute Gasteiger partial charge is 0.390 e. The average molecular weight is 396 g/mol. The summed E-state index contributed by atoms with van der Waals surface area (Å²) >= 11 is 5.97. The first-order valence-corrected chi connectivity index (χ1v) is 9.41. The summed E-state index contributed by atoms with van der Waals surface area (Å²) in [5.41, 5.74) is 8.36. The van der Waals surface area contributed by atoms with Gasteiger partial charge in [-0.15, -0.1) is 0 Å². The molecule has 0 unspecified atom stereocenters. The molecule has 1 saturated carbocycles. The van der Waals surface area contributed by atoms with Gasteiger partial charge < -0.3 is 20.5 Å². The summed E-state index contributed by atoms with van der Waals surface area (Å²) in [6.45, 7) is 0. The van der Waals surface area contributed by atoms with E-state index in [-0.39, 0.29) is 17.2 Å². The van der Waals surface area contributed by atoms with Crippen molar-refractivity contribution in [2.45, 2.75) is 30.6 Å². The predicted molar refractivity (Wildman–Crippen MR) is 107 cm³/mol. The molecule has 4 N–H and O–H groups in total. The minimum absolute atomic E-state index is 0.0524. The maximum Gasteiger partial charge on any atom is 0.226 e. The van der Waals surface area contributed by atoms with Gasteiger partial charge in [-0.2, -0.15) is 4.98 Å². The van der Waals surface area contributed by atoms with Gasteiger partial charge in [0.15, 0.2) is 0 Å². The Balaban J connectivity index is 1.54. The van der Waals surface area contributed by atoms with E-state index in [2.05, 4.69) is 15.0 Å². The lowest BCUT2D eigenvalue weighted by molar-refractivity contribution is 0.0179. The standard InChI is InChI=1S/C20H18ClN5O2/c21-20-24-18(22)12-5-7-26(19(12)25-20)15-9-13(16(27)17(15)28)10-3-4-14-11(8-10)2-1-6-23-14/h1-8,13,15-17,27-28H,9H2,(H2,22,24,25)/t13-,15-,16-,17+/m1/s1. The van der Waals surface area contributed by atoms with Crippen LogP contribution in [0.15, 0.2) is 48.8 Å². The number of aliphatic hydroxyl groups excluding tert-OH is 2. The Labute approximate surface area is 165 Å². The molecule has 1 aromatic carbocycles. The molecule has 0 bridgehead atoms. The highest BCUT2D eigenvalue weighted by molar-refractivity contribution is 6.28. The number of fused-ring (bicyclic) bond motifs is 2. The van der Waals surface area contributed by atoms with E-state index in [9.17, 15) is 10.2 Å². The molecule has 8 heteroatoms. The first-order chi connectivity index (χ1) is 13.5. The third-order valence-electron chi connectivity index (χ3n) is 5.64. The molecule has 3 aromatic heterocycles. The van der Waals surface area contributed by atoms with Crippen molar-refractivity contribution < 1.29 is 10.2 Å². The van der Waals surface area contributed by atoms with Crippen molar-refractivity contribution in [2.24, 2.45) is 0 Å². The third-order valence-corrected chi connectivity index (χ3v) is 5.81. The van der Waals surface area contributed by atoms with E-state index >= 15 is 0 Å². The van der Waals surface area contributed by atoms with Crippen molar-refractivity contribution in [2.75, 3.05) is 5.73 Å². The fourth-order valence-corrected chi connectivity index (χ4v) is 4.41. The SMILES string of the molecule is Nc1nc(Cl)nc2c1ccn2[C@@H]1C[C@H](c2ccc3ncccc3c2)[C@@H](O)[C@H]1O. The van der Waals surface area contributed by atoms with Crippen LogP contribution in [0.3, 0.4) is 0 Å². The zero-order valence-corrected chi connectivity index (χ0v) is 15.5. The molecular formula is C20H18ClN5O2. The van der Waals surface area contributed by atoms with Crippen LogP contribution in [0.2, 0.25) is 5.28 Å². The number of benzene rings is 1. The van der Waals surface area contributed by atoms with Crippen LogP contribution in [0.5, 0.6) is 0 Å². The Kier molecular flexibility index (Phi) is 3.97. The molecule has 7 nitrogen and oxygen atoms in total. The number of aliphatic hydroxyl groups is 2. The summed E-state index contributed by atoms with van der Waals surface area (Å²) in [5, 5.41) is 23.3. The Hall–Kier alpha value is -2.74. The summed E-state index contributed by atoms with van der Waals surface area (Å²) in [6.07, 6.45) is 2.27. The molecule has 142 valence electrons. The molecule has 1 fully saturated rings. The Bertz CT molecular complexity index is 1190. The number of nitrogens with two attached hydrogens (primary N) is 1. The molecule has 5 rings (SSSR count). The van der Waals surface area contributed by atoms with Crippen LogP contribution in [0.4, 0.5) is 5.82 Å². The van der Waals surface area contributed by atoms with Crippen LogP contribution in [-0.4, -0.2) is 41.9 Å². The number of hydrogen-bond acceptors (Lipinski definition) is 6. The smallest absolute Gasteiger partial charge is 0.226 e. The predicted octanol–water partition coefficient (Wildman–Crippen LogP) is 2.67. The fraction of sp³-hybridized carbons (Fsp3) is 0.250. The summed E-state index contributed by atoms with van der Waals surface area (Å²) in [7, 11) is 0. The summed E-state index contributed by atoms with van der Waals surface area (Å²) < 4.78 is 1.83. The van der Waals surface area contributed by atoms with Crippen molar-refractivity contribution in [3.63, 3.8) is 0 Å². The second-order valence-corrected chi connectivity index (χ2v) is 7.52. The van der Waals surface area contributed by atoms with Gasteiger partial charge in [0.1, 0.15) is 17.6 Å². The van der Waals surface area contributed by atoms with Crippen molar-refractivity contribution >= 4 is 39.4 Å². The van der Waals surface area contributed by atoms with Gasteiger partial charge in [0, 0.05) is 23.7 Å². The van der Waals surface area contributed by atoms with Gasteiger partial charge in [0.25, 0.3) is 0 Å². The Morgan fingerprint density at radius 3 is 2.82 bits per heavy atom. The monoisotopic (exact) mass is 395 g/mol. The minimum atomic E-state index is -0.944. The van der Waals surface area contributed by atoms with Gasteiger partial charge >= 0.3 is 0 Å². The normalized spacial score (nSPS) is 25.0. The zero-order valence-electron chi connectivity index (χ0n) is 14.8. The number of nitrogens with zero attached hydrogens (tertiary/aromatic N) is 4. The Morgan fingerprint density at radius 2 is 1.96 bits per heavy atom. The number of aromatic nitrogens is 4. The van der Waals surface area contributed by atoms with E-state index in [0.29, 0.717) is 23.3 Å². The Morgan fingerprint density at radius 1 is 1.11 bits per heavy atom. The van der Waals surface area contributed by atoms with Crippen molar-refractivity contribution in [1.29, 1.82) is 0 Å². The average Bonchev–Trinajstić information content (AvgIpc) is 3.23. The van der Waals surface area contributed by atoms with Gasteiger partial charge in [0.05, 0.1) is 23.0 Å². The van der Waals surface area contributed by atoms with Crippen LogP contribution in [-0.2, 0) is 0 Å². The maximum absolute atomic E-state index is 10.8. The van der Waals surface area contributed by atoms with E-state index < -0.39 is 12.2 Å². The van der Waals surface area contributed by atoms with E-state index in [1.807, 2.05) is 34.9 Å². The number of hydrogen-bond donors (Lipinski definition) is 3. The second-order valence-electron chi connectivity index (χ2n) is 7.18. The topological polar surface area (TPSA) is 110 Å². The summed E-state index contributed by atoms with van der Waals surface area (Å²) in [4.78, 5) is 12.6. The van der Waals surface area contributed by atoms with E-state index in [1.54, 1.807) is 18.5 Å². The van der Waals surface area contributed by atoms with Gasteiger partial charge in [-0.3, -0.25) is 4.98 Å². The number of rotatable bonds is 2. The van der Waals surface area contributed by atoms with Crippen LogP contribution in [0, 0.1) is 0 Å². The van der Waals surface area contributed by atoms with Crippen LogP contribution in [0.25, 0.3) is 21.9 Å². The fourth-order valence-electron chi connectivity index (χ4n) is 4.24. The first kappa shape index (κ1) is 17.4. The molecule has 0 spiro atoms. The van der Waals surface area contributed by atoms with Gasteiger partial charge in [0.2, 0.25) is 5.28 Å². The lowest BCUT2D eigenvalue weighted by Gasteiger charge is -2.19. The molecule has 4 aromatic rings. The molecular weight excluding hydrogens is 378 g/mol. The molecule has 0 saturated heterocycles. The van der Waals surface area contributed by atoms with Crippen LogP contribution in [0.1, 0.15) is 23.9 Å². The number of halogens is 1. The van der Waals surface area contributed by atoms with Crippen molar-refractivity contribution in [1.82, 2.24) is 19.5 Å². The number of anilines is 1. The molecule has 3 heterocycles. The second kappa shape index (κ2) is 6.41. The quantitative estimate of drug-likeness (QED) is 0.450. The molecule has 28 heavy (non-hydrogen) atoms. The lowest BCUT2D eigenvalue weighted by Crippen LogP contribution is -2.28. The van der Waals surface area contributed by atoms with Gasteiger partial charge in [-0.25, -0.2) is 4.98 Å². The third kappa shape index (κ3) is 2.63. The molecule has 4 atom stereocenters. The van der Waals surface area contributed by atoms with Gasteiger partial charge in [-0.05, 0) is 47.9 Å². The van der Waals surface area contributed by atoms with Crippen LogP contribution >= 0.6 is 11.6 Å². The maximum atomic E-state index is 10.8. The molecule has 1 aliphatic rings. The summed E-state index contributed by atoms with van der Waals surface area (Å²) in [5.74, 6) is 0.0806. The van der Waals surface area contributed by atoms with Crippen molar-refractivity contribution in [3.05, 3.63) is 59.6 Å². The molecule has 0 radical (unpaired) electrons. The highest BCUT2D eigenvalue weighted by atomic mass is 35.5. The van der Waals surface area contributed by atoms with E-state index in [4.69, 9.17) is 17.3 Å². The van der Waals surface area contributed by atoms with E-state index in [0.717, 1.165) is 16.5 Å². The highest BCUT2D eigenvalue weighted by Crippen LogP contribution is 2.43. The van der Waals surface area contributed by atoms with Crippen LogP contribution < -0.4 is 5.73 Å². The zero-order chi connectivity index (χ0) is 19.4. The lowest BCUT2D eigenvalue weighted by atomic mass is 9.94. The number of nitrogen functional groups attached to an aromatic ring is 1. The first-order valence-electron chi connectivity index (χ1n) is 9.03. The van der Waals surface area contributed by atoms with E-state index in [1.165, 1.54) is 0 Å². The summed E-state index contributed by atoms with van der Waals surface area (Å²) in [6, 6.07) is 11.2. The highest BCUT2D eigenvalue weighted by Gasteiger charge is 2.43. The van der Waals surface area contributed by atoms with Crippen molar-refractivity contribution in [3.8, 4) is 0 Å². The minimum Gasteiger partial charge on any atom is -0.390 e. The number of pyridine rings is 1. The molecule has 0 amide bonds.